The average molecular weight is 443 g/mol. The molecule has 0 atom stereocenters. The van der Waals surface area contributed by atoms with Gasteiger partial charge in [-0.05, 0) is 47.9 Å². The van der Waals surface area contributed by atoms with Crippen molar-refractivity contribution in [3.63, 3.8) is 0 Å². The molecule has 0 aromatic heterocycles. The summed E-state index contributed by atoms with van der Waals surface area (Å²) in [4.78, 5) is 12.9. The minimum absolute atomic E-state index is 0.0528. The van der Waals surface area contributed by atoms with Crippen LogP contribution >= 0.6 is 11.6 Å². The molecule has 3 aromatic rings. The smallest absolute Gasteiger partial charge is 0.243 e. The number of sulfonamides is 1. The van der Waals surface area contributed by atoms with E-state index >= 15 is 0 Å². The quantitative estimate of drug-likeness (QED) is 0.548. The number of hydrogen-bond acceptors (Lipinski definition) is 3. The molecule has 0 spiro atoms. The summed E-state index contributed by atoms with van der Waals surface area (Å²) in [6, 6.07) is 22.5. The van der Waals surface area contributed by atoms with Crippen LogP contribution in [0.1, 0.15) is 18.1 Å². The molecule has 0 unspecified atom stereocenters. The van der Waals surface area contributed by atoms with Gasteiger partial charge in [0.2, 0.25) is 15.9 Å². The summed E-state index contributed by atoms with van der Waals surface area (Å²) in [6.07, 6.45) is 0.757. The molecule has 0 heterocycles. The molecule has 0 radical (unpaired) electrons. The van der Waals surface area contributed by atoms with Crippen LogP contribution in [0, 0.1) is 0 Å². The largest absolute Gasteiger partial charge is 0.325 e. The lowest BCUT2D eigenvalue weighted by Gasteiger charge is -2.22. The second-order valence-electron chi connectivity index (χ2n) is 6.77. The van der Waals surface area contributed by atoms with E-state index in [0.717, 1.165) is 17.5 Å². The monoisotopic (exact) mass is 442 g/mol. The van der Waals surface area contributed by atoms with Crippen molar-refractivity contribution in [3.8, 4) is 0 Å². The van der Waals surface area contributed by atoms with Crippen LogP contribution in [0.25, 0.3) is 0 Å². The number of hydrogen-bond donors (Lipinski definition) is 1. The second kappa shape index (κ2) is 9.89. The predicted octanol–water partition coefficient (Wildman–Crippen LogP) is 4.73. The lowest BCUT2D eigenvalue weighted by atomic mass is 10.1. The van der Waals surface area contributed by atoms with Crippen LogP contribution in [0.5, 0.6) is 0 Å². The Morgan fingerprint density at radius 3 is 2.23 bits per heavy atom. The number of halogens is 1. The highest BCUT2D eigenvalue weighted by molar-refractivity contribution is 7.89. The summed E-state index contributed by atoms with van der Waals surface area (Å²) in [5.74, 6) is -0.399. The summed E-state index contributed by atoms with van der Waals surface area (Å²) in [6.45, 7) is 1.74. The van der Waals surface area contributed by atoms with E-state index in [1.807, 2.05) is 31.2 Å². The normalized spacial score (nSPS) is 11.4. The van der Waals surface area contributed by atoms with Gasteiger partial charge in [-0.2, -0.15) is 4.31 Å². The van der Waals surface area contributed by atoms with Gasteiger partial charge in [-0.15, -0.1) is 0 Å². The molecular weight excluding hydrogens is 420 g/mol. The van der Waals surface area contributed by atoms with Gasteiger partial charge in [0.05, 0.1) is 11.4 Å². The van der Waals surface area contributed by atoms with Crippen LogP contribution in [-0.4, -0.2) is 25.2 Å². The molecule has 0 aliphatic carbocycles. The van der Waals surface area contributed by atoms with Gasteiger partial charge in [-0.25, -0.2) is 8.42 Å². The minimum Gasteiger partial charge on any atom is -0.325 e. The highest BCUT2D eigenvalue weighted by Gasteiger charge is 2.27. The maximum absolute atomic E-state index is 13.2. The topological polar surface area (TPSA) is 66.5 Å². The molecule has 3 aromatic carbocycles. The van der Waals surface area contributed by atoms with E-state index < -0.39 is 15.9 Å². The van der Waals surface area contributed by atoms with Crippen LogP contribution in [0.3, 0.4) is 0 Å². The Balaban J connectivity index is 1.87. The molecule has 0 saturated heterocycles. The third kappa shape index (κ3) is 5.48. The third-order valence-electron chi connectivity index (χ3n) is 4.65. The van der Waals surface area contributed by atoms with Gasteiger partial charge in [0, 0.05) is 17.3 Å². The van der Waals surface area contributed by atoms with E-state index in [-0.39, 0.29) is 18.0 Å². The van der Waals surface area contributed by atoms with Crippen LogP contribution < -0.4 is 5.32 Å². The average Bonchev–Trinajstić information content (AvgIpc) is 2.75. The van der Waals surface area contributed by atoms with Crippen molar-refractivity contribution in [2.45, 2.75) is 24.8 Å². The van der Waals surface area contributed by atoms with Crippen molar-refractivity contribution in [2.75, 3.05) is 11.9 Å². The minimum atomic E-state index is -3.87. The predicted molar refractivity (Wildman–Crippen MR) is 120 cm³/mol. The fourth-order valence-electron chi connectivity index (χ4n) is 3.06. The van der Waals surface area contributed by atoms with Crippen LogP contribution in [0.15, 0.2) is 83.8 Å². The lowest BCUT2D eigenvalue weighted by molar-refractivity contribution is -0.116. The number of nitrogens with one attached hydrogen (secondary N) is 1. The first-order valence-electron chi connectivity index (χ1n) is 9.57. The fourth-order valence-corrected chi connectivity index (χ4v) is 4.59. The molecule has 0 fully saturated rings. The Bertz CT molecular complexity index is 1100. The zero-order chi connectivity index (χ0) is 21.6. The maximum Gasteiger partial charge on any atom is 0.243 e. The molecule has 0 saturated carbocycles. The first-order valence-corrected chi connectivity index (χ1v) is 11.4. The number of aryl methyl sites for hydroxylation is 1. The van der Waals surface area contributed by atoms with Crippen molar-refractivity contribution in [3.05, 3.63) is 95.0 Å². The Kier molecular flexibility index (Phi) is 7.26. The van der Waals surface area contributed by atoms with Crippen LogP contribution in [0.2, 0.25) is 5.02 Å². The van der Waals surface area contributed by atoms with Crippen molar-refractivity contribution >= 4 is 33.2 Å². The van der Waals surface area contributed by atoms with Crippen molar-refractivity contribution in [1.29, 1.82) is 0 Å². The molecular formula is C23H23ClN2O3S. The lowest BCUT2D eigenvalue weighted by Crippen LogP contribution is -2.37. The van der Waals surface area contributed by atoms with Crippen LogP contribution in [-0.2, 0) is 27.8 Å². The Morgan fingerprint density at radius 1 is 0.933 bits per heavy atom. The second-order valence-corrected chi connectivity index (χ2v) is 9.15. The van der Waals surface area contributed by atoms with Gasteiger partial charge in [-0.1, -0.05) is 67.1 Å². The Labute approximate surface area is 182 Å². The van der Waals surface area contributed by atoms with Crippen molar-refractivity contribution < 1.29 is 13.2 Å². The van der Waals surface area contributed by atoms with Gasteiger partial charge in [0.25, 0.3) is 0 Å². The number of amides is 1. The standard InChI is InChI=1S/C23H23ClN2O3S/c1-2-19-8-6-7-11-22(19)25-23(27)17-26(16-18-12-14-20(24)15-13-18)30(28,29)21-9-4-3-5-10-21/h3-15H,2,16-17H2,1H3,(H,25,27). The Hall–Kier alpha value is -2.67. The molecule has 7 heteroatoms. The van der Waals surface area contributed by atoms with E-state index in [1.54, 1.807) is 42.5 Å². The Morgan fingerprint density at radius 2 is 1.57 bits per heavy atom. The molecule has 30 heavy (non-hydrogen) atoms. The molecule has 0 bridgehead atoms. The SMILES string of the molecule is CCc1ccccc1NC(=O)CN(Cc1ccc(Cl)cc1)S(=O)(=O)c1ccccc1. The van der Waals surface area contributed by atoms with Gasteiger partial charge in [0.15, 0.2) is 0 Å². The number of nitrogens with zero attached hydrogens (tertiary/aromatic N) is 1. The highest BCUT2D eigenvalue weighted by Crippen LogP contribution is 2.20. The first-order chi connectivity index (χ1) is 14.4. The first kappa shape index (κ1) is 22.0. The summed E-state index contributed by atoms with van der Waals surface area (Å²) in [5, 5.41) is 3.40. The third-order valence-corrected chi connectivity index (χ3v) is 6.70. The van der Waals surface area contributed by atoms with Gasteiger partial charge < -0.3 is 5.32 Å². The number of benzene rings is 3. The van der Waals surface area contributed by atoms with E-state index in [2.05, 4.69) is 5.32 Å². The van der Waals surface area contributed by atoms with E-state index in [1.165, 1.54) is 16.4 Å². The molecule has 3 rings (SSSR count). The van der Waals surface area contributed by atoms with Gasteiger partial charge in [-0.3, -0.25) is 4.79 Å². The molecule has 0 aliphatic heterocycles. The van der Waals surface area contributed by atoms with Crippen molar-refractivity contribution in [1.82, 2.24) is 4.31 Å². The molecule has 0 aliphatic rings. The summed E-state index contributed by atoms with van der Waals surface area (Å²) >= 11 is 5.94. The molecule has 1 N–H and O–H groups in total. The summed E-state index contributed by atoms with van der Waals surface area (Å²) in [5.41, 5.74) is 2.41. The van der Waals surface area contributed by atoms with Gasteiger partial charge >= 0.3 is 0 Å². The molecule has 5 nitrogen and oxygen atoms in total. The zero-order valence-corrected chi connectivity index (χ0v) is 18.2. The fraction of sp³-hybridized carbons (Fsp3) is 0.174. The van der Waals surface area contributed by atoms with Gasteiger partial charge in [0.1, 0.15) is 0 Å². The van der Waals surface area contributed by atoms with E-state index in [9.17, 15) is 13.2 Å². The van der Waals surface area contributed by atoms with Crippen LogP contribution in [0.4, 0.5) is 5.69 Å². The number of carbonyl (C=O) groups is 1. The zero-order valence-electron chi connectivity index (χ0n) is 16.6. The van der Waals surface area contributed by atoms with E-state index in [4.69, 9.17) is 11.6 Å². The number of carbonyl (C=O) groups excluding carboxylic acids is 1. The van der Waals surface area contributed by atoms with Crippen molar-refractivity contribution in [2.24, 2.45) is 0 Å². The summed E-state index contributed by atoms with van der Waals surface area (Å²) < 4.78 is 27.6. The summed E-state index contributed by atoms with van der Waals surface area (Å²) in [7, 11) is -3.87. The number of para-hydroxylation sites is 1. The van der Waals surface area contributed by atoms with E-state index in [0.29, 0.717) is 10.7 Å². The maximum atomic E-state index is 13.2. The molecule has 156 valence electrons. The number of rotatable bonds is 8. The highest BCUT2D eigenvalue weighted by atomic mass is 35.5. The number of anilines is 1. The molecule has 1 amide bonds.